The van der Waals surface area contributed by atoms with Gasteiger partial charge in [0.05, 0.1) is 5.69 Å². The number of carbonyl (C=O) groups is 1. The number of nitrogens with zero attached hydrogens (tertiary/aromatic N) is 4. The fraction of sp³-hybridized carbons (Fsp3) is 0.500. The van der Waals surface area contributed by atoms with Crippen LogP contribution in [-0.2, 0) is 6.42 Å². The van der Waals surface area contributed by atoms with Crippen LogP contribution in [0.2, 0.25) is 0 Å². The summed E-state index contributed by atoms with van der Waals surface area (Å²) >= 11 is 0. The number of anilines is 1. The number of likely N-dealkylation sites (tertiary alicyclic amines) is 1. The zero-order valence-electron chi connectivity index (χ0n) is 14.1. The molecule has 1 aliphatic heterocycles. The van der Waals surface area contributed by atoms with Gasteiger partial charge in [-0.1, -0.05) is 12.1 Å². The highest BCUT2D eigenvalue weighted by Crippen LogP contribution is 2.27. The maximum atomic E-state index is 12.5. The second-order valence-corrected chi connectivity index (χ2v) is 6.16. The number of hydrogen-bond acceptors (Lipinski definition) is 6. The summed E-state index contributed by atoms with van der Waals surface area (Å²) in [6.45, 7) is 3.08. The average Bonchev–Trinajstić information content (AvgIpc) is 3.23. The van der Waals surface area contributed by atoms with Crippen molar-refractivity contribution in [2.45, 2.75) is 25.7 Å². The predicted molar refractivity (Wildman–Crippen MR) is 88.3 cm³/mol. The Bertz CT molecular complexity index is 795. The molecule has 0 saturated carbocycles. The second kappa shape index (κ2) is 6.46. The Balaban J connectivity index is 1.75. The van der Waals surface area contributed by atoms with Gasteiger partial charge in [-0.05, 0) is 6.42 Å². The van der Waals surface area contributed by atoms with Crippen LogP contribution in [0, 0.1) is 0 Å². The Morgan fingerprint density at radius 3 is 2.92 bits per heavy atom. The molecule has 1 amide bonds. The van der Waals surface area contributed by atoms with E-state index in [1.807, 2.05) is 21.0 Å². The molecular weight excluding hydrogens is 310 g/mol. The third-order valence-corrected chi connectivity index (χ3v) is 4.19. The predicted octanol–water partition coefficient (Wildman–Crippen LogP) is 1.02. The van der Waals surface area contributed by atoms with Gasteiger partial charge in [-0.15, -0.1) is 0 Å². The van der Waals surface area contributed by atoms with Crippen molar-refractivity contribution in [3.05, 3.63) is 39.6 Å². The van der Waals surface area contributed by atoms with E-state index in [0.717, 1.165) is 6.42 Å². The maximum absolute atomic E-state index is 12.5. The number of aryl methyl sites for hydroxylation is 1. The van der Waals surface area contributed by atoms with E-state index in [-0.39, 0.29) is 17.4 Å². The van der Waals surface area contributed by atoms with Gasteiger partial charge in [0.25, 0.3) is 11.5 Å². The van der Waals surface area contributed by atoms with Gasteiger partial charge in [0.2, 0.25) is 5.95 Å². The Hall–Kier alpha value is -2.64. The maximum Gasteiger partial charge on any atom is 0.276 e. The van der Waals surface area contributed by atoms with Crippen molar-refractivity contribution < 1.29 is 9.32 Å². The molecule has 1 fully saturated rings. The molecule has 1 aliphatic rings. The molecule has 3 rings (SSSR count). The van der Waals surface area contributed by atoms with E-state index in [1.54, 1.807) is 15.9 Å². The van der Waals surface area contributed by atoms with Crippen molar-refractivity contribution in [3.8, 4) is 0 Å². The van der Waals surface area contributed by atoms with Crippen LogP contribution in [0.25, 0.3) is 0 Å². The number of aromatic nitrogens is 3. The van der Waals surface area contributed by atoms with E-state index in [0.29, 0.717) is 42.6 Å². The summed E-state index contributed by atoms with van der Waals surface area (Å²) in [5, 5.41) is 3.84. The minimum Gasteiger partial charge on any atom is -0.361 e. The van der Waals surface area contributed by atoms with Gasteiger partial charge in [-0.2, -0.15) is 0 Å². The van der Waals surface area contributed by atoms with Crippen molar-refractivity contribution in [3.63, 3.8) is 0 Å². The molecule has 8 nitrogen and oxygen atoms in total. The Morgan fingerprint density at radius 2 is 2.25 bits per heavy atom. The van der Waals surface area contributed by atoms with Gasteiger partial charge in [-0.3, -0.25) is 14.6 Å². The molecule has 0 aliphatic carbocycles. The fourth-order valence-electron chi connectivity index (χ4n) is 2.81. The quantitative estimate of drug-likeness (QED) is 0.898. The van der Waals surface area contributed by atoms with Crippen LogP contribution in [0.4, 0.5) is 5.95 Å². The van der Waals surface area contributed by atoms with Crippen LogP contribution in [0.15, 0.2) is 21.5 Å². The molecule has 128 valence electrons. The van der Waals surface area contributed by atoms with E-state index in [1.165, 1.54) is 6.07 Å². The SMILES string of the molecule is CCc1cc(C(=O)N2CC[C@@H](c3cc(=O)[nH]c(N(C)C)n3)C2)no1. The summed E-state index contributed by atoms with van der Waals surface area (Å²) in [6.07, 6.45) is 1.47. The normalized spacial score (nSPS) is 17.3. The summed E-state index contributed by atoms with van der Waals surface area (Å²) in [4.78, 5) is 35.0. The van der Waals surface area contributed by atoms with Crippen LogP contribution in [0.5, 0.6) is 0 Å². The highest BCUT2D eigenvalue weighted by atomic mass is 16.5. The van der Waals surface area contributed by atoms with E-state index < -0.39 is 0 Å². The summed E-state index contributed by atoms with van der Waals surface area (Å²) in [5.41, 5.74) is 0.866. The minimum atomic E-state index is -0.183. The molecule has 2 aromatic rings. The van der Waals surface area contributed by atoms with E-state index >= 15 is 0 Å². The van der Waals surface area contributed by atoms with Gasteiger partial charge in [0.1, 0.15) is 5.76 Å². The molecule has 0 aromatic carbocycles. The molecule has 1 atom stereocenters. The first-order valence-corrected chi connectivity index (χ1v) is 8.01. The largest absolute Gasteiger partial charge is 0.361 e. The number of hydrogen-bond donors (Lipinski definition) is 1. The Kier molecular flexibility index (Phi) is 4.37. The molecular formula is C16H21N5O3. The standard InChI is InChI=1S/C16H21N5O3/c1-4-11-7-13(19-24-11)15(23)21-6-5-10(9-21)12-8-14(22)18-16(17-12)20(2)3/h7-8,10H,4-6,9H2,1-3H3,(H,17,18,22)/t10-/m1/s1. The molecule has 1 N–H and O–H groups in total. The van der Waals surface area contributed by atoms with Crippen LogP contribution < -0.4 is 10.5 Å². The van der Waals surface area contributed by atoms with Gasteiger partial charge in [0.15, 0.2) is 5.69 Å². The number of carbonyl (C=O) groups excluding carboxylic acids is 1. The van der Waals surface area contributed by atoms with Gasteiger partial charge < -0.3 is 14.3 Å². The van der Waals surface area contributed by atoms with Crippen LogP contribution in [0.3, 0.4) is 0 Å². The molecule has 2 aromatic heterocycles. The molecule has 0 unspecified atom stereocenters. The van der Waals surface area contributed by atoms with Crippen molar-refractivity contribution >= 4 is 11.9 Å². The van der Waals surface area contributed by atoms with Gasteiger partial charge in [0, 0.05) is 51.7 Å². The summed E-state index contributed by atoms with van der Waals surface area (Å²) < 4.78 is 5.10. The smallest absolute Gasteiger partial charge is 0.276 e. The topological polar surface area (TPSA) is 95.3 Å². The fourth-order valence-corrected chi connectivity index (χ4v) is 2.81. The lowest BCUT2D eigenvalue weighted by Crippen LogP contribution is -2.29. The van der Waals surface area contributed by atoms with Crippen molar-refractivity contribution in [1.82, 2.24) is 20.0 Å². The van der Waals surface area contributed by atoms with Crippen LogP contribution >= 0.6 is 0 Å². The lowest BCUT2D eigenvalue weighted by atomic mass is 10.1. The first-order valence-electron chi connectivity index (χ1n) is 8.01. The zero-order valence-corrected chi connectivity index (χ0v) is 14.1. The molecule has 24 heavy (non-hydrogen) atoms. The number of aromatic amines is 1. The molecule has 0 radical (unpaired) electrons. The molecule has 8 heteroatoms. The summed E-state index contributed by atoms with van der Waals surface area (Å²) in [5.74, 6) is 1.12. The number of nitrogens with one attached hydrogen (secondary N) is 1. The van der Waals surface area contributed by atoms with Gasteiger partial charge >= 0.3 is 0 Å². The van der Waals surface area contributed by atoms with Crippen molar-refractivity contribution in [1.29, 1.82) is 0 Å². The first-order chi connectivity index (χ1) is 11.5. The molecule has 1 saturated heterocycles. The molecule has 3 heterocycles. The van der Waals surface area contributed by atoms with E-state index in [9.17, 15) is 9.59 Å². The summed E-state index contributed by atoms with van der Waals surface area (Å²) in [7, 11) is 3.64. The average molecular weight is 331 g/mol. The lowest BCUT2D eigenvalue weighted by Gasteiger charge is -2.16. The highest BCUT2D eigenvalue weighted by Gasteiger charge is 2.30. The van der Waals surface area contributed by atoms with E-state index in [4.69, 9.17) is 4.52 Å². The lowest BCUT2D eigenvalue weighted by molar-refractivity contribution is 0.0780. The Morgan fingerprint density at radius 1 is 1.46 bits per heavy atom. The van der Waals surface area contributed by atoms with E-state index in [2.05, 4.69) is 15.1 Å². The molecule has 0 spiro atoms. The number of H-pyrrole nitrogens is 1. The monoisotopic (exact) mass is 331 g/mol. The van der Waals surface area contributed by atoms with Crippen molar-refractivity contribution in [2.75, 3.05) is 32.1 Å². The third-order valence-electron chi connectivity index (χ3n) is 4.19. The Labute approximate surface area is 139 Å². The minimum absolute atomic E-state index is 0.0486. The highest BCUT2D eigenvalue weighted by molar-refractivity contribution is 5.92. The van der Waals surface area contributed by atoms with Crippen LogP contribution in [-0.4, -0.2) is 53.1 Å². The second-order valence-electron chi connectivity index (χ2n) is 6.16. The first kappa shape index (κ1) is 16.2. The third kappa shape index (κ3) is 3.17. The molecule has 0 bridgehead atoms. The summed E-state index contributed by atoms with van der Waals surface area (Å²) in [6, 6.07) is 3.20. The number of amides is 1. The zero-order chi connectivity index (χ0) is 17.3. The van der Waals surface area contributed by atoms with Crippen LogP contribution in [0.1, 0.15) is 41.2 Å². The van der Waals surface area contributed by atoms with Crippen molar-refractivity contribution in [2.24, 2.45) is 0 Å². The van der Waals surface area contributed by atoms with Gasteiger partial charge in [-0.25, -0.2) is 4.98 Å². The number of rotatable bonds is 4.